The molecule has 17 heavy (non-hydrogen) atoms. The van der Waals surface area contributed by atoms with E-state index >= 15 is 0 Å². The van der Waals surface area contributed by atoms with Gasteiger partial charge in [-0.25, -0.2) is 4.98 Å². The molecule has 0 bridgehead atoms. The predicted octanol–water partition coefficient (Wildman–Crippen LogP) is 1.26. The molecule has 1 heterocycles. The van der Waals surface area contributed by atoms with Crippen molar-refractivity contribution in [3.63, 3.8) is 0 Å². The van der Waals surface area contributed by atoms with Crippen LogP contribution < -0.4 is 15.2 Å². The number of methoxy groups -OCH3 is 1. The van der Waals surface area contributed by atoms with Gasteiger partial charge in [0.15, 0.2) is 17.8 Å². The van der Waals surface area contributed by atoms with Crippen LogP contribution in [0.15, 0.2) is 6.20 Å². The zero-order chi connectivity index (χ0) is 13.1. The summed E-state index contributed by atoms with van der Waals surface area (Å²) in [6.45, 7) is -0.195. The lowest BCUT2D eigenvalue weighted by molar-refractivity contribution is -0.275. The number of nitrogens with zero attached hydrogens (tertiary/aromatic N) is 1. The molecule has 2 N–H and O–H groups in total. The Morgan fingerprint density at radius 3 is 2.59 bits per heavy atom. The molecule has 0 atom stereocenters. The Labute approximate surface area is 94.3 Å². The first-order valence-electron chi connectivity index (χ1n) is 4.39. The highest BCUT2D eigenvalue weighted by Crippen LogP contribution is 2.35. The van der Waals surface area contributed by atoms with Gasteiger partial charge in [0, 0.05) is 12.1 Å². The fraction of sp³-hybridized carbons (Fsp3) is 0.333. The second-order valence-corrected chi connectivity index (χ2v) is 2.89. The zero-order valence-corrected chi connectivity index (χ0v) is 8.75. The number of carbonyl (C=O) groups is 1. The van der Waals surface area contributed by atoms with Gasteiger partial charge in [-0.1, -0.05) is 0 Å². The van der Waals surface area contributed by atoms with Crippen LogP contribution in [0.4, 0.5) is 13.2 Å². The highest BCUT2D eigenvalue weighted by atomic mass is 19.4. The van der Waals surface area contributed by atoms with Crippen molar-refractivity contribution in [2.75, 3.05) is 7.11 Å². The van der Waals surface area contributed by atoms with Crippen molar-refractivity contribution in [3.8, 4) is 11.5 Å². The molecule has 1 aromatic rings. The van der Waals surface area contributed by atoms with E-state index in [0.717, 1.165) is 13.3 Å². The van der Waals surface area contributed by atoms with Crippen LogP contribution in [0, 0.1) is 0 Å². The standard InChI is InChI=1S/C9H9F3N2O3/c1-16-8-5(2-13)6(4-15)14-3-7(8)17-9(10,11)12/h3-4H,2,13H2,1H3. The second-order valence-electron chi connectivity index (χ2n) is 2.89. The first kappa shape index (κ1) is 13.2. The van der Waals surface area contributed by atoms with E-state index < -0.39 is 12.1 Å². The Morgan fingerprint density at radius 2 is 2.18 bits per heavy atom. The van der Waals surface area contributed by atoms with Gasteiger partial charge in [0.05, 0.1) is 13.3 Å². The zero-order valence-electron chi connectivity index (χ0n) is 8.75. The summed E-state index contributed by atoms with van der Waals surface area (Å²) in [4.78, 5) is 14.1. The topological polar surface area (TPSA) is 74.4 Å². The fourth-order valence-corrected chi connectivity index (χ4v) is 1.25. The van der Waals surface area contributed by atoms with E-state index in [4.69, 9.17) is 10.5 Å². The van der Waals surface area contributed by atoms with Crippen molar-refractivity contribution < 1.29 is 27.4 Å². The van der Waals surface area contributed by atoms with Crippen LogP contribution in [0.5, 0.6) is 11.5 Å². The number of aldehydes is 1. The molecule has 0 saturated heterocycles. The Morgan fingerprint density at radius 1 is 1.53 bits per heavy atom. The van der Waals surface area contributed by atoms with Gasteiger partial charge in [-0.15, -0.1) is 13.2 Å². The lowest BCUT2D eigenvalue weighted by Gasteiger charge is -2.15. The molecular weight excluding hydrogens is 241 g/mol. The van der Waals surface area contributed by atoms with E-state index in [9.17, 15) is 18.0 Å². The number of halogens is 3. The van der Waals surface area contributed by atoms with Gasteiger partial charge >= 0.3 is 6.36 Å². The molecule has 0 radical (unpaired) electrons. The normalized spacial score (nSPS) is 11.1. The molecule has 0 unspecified atom stereocenters. The highest BCUT2D eigenvalue weighted by molar-refractivity contribution is 5.76. The van der Waals surface area contributed by atoms with Gasteiger partial charge in [-0.05, 0) is 0 Å². The average Bonchev–Trinajstić information content (AvgIpc) is 2.26. The van der Waals surface area contributed by atoms with Gasteiger partial charge in [0.2, 0.25) is 0 Å². The summed E-state index contributed by atoms with van der Waals surface area (Å²) >= 11 is 0. The predicted molar refractivity (Wildman–Crippen MR) is 50.8 cm³/mol. The maximum atomic E-state index is 12.1. The van der Waals surface area contributed by atoms with Crippen LogP contribution in [0.1, 0.15) is 16.1 Å². The molecular formula is C9H9F3N2O3. The summed E-state index contributed by atoms with van der Waals surface area (Å²) in [5, 5.41) is 0. The van der Waals surface area contributed by atoms with Crippen LogP contribution in [-0.4, -0.2) is 24.7 Å². The van der Waals surface area contributed by atoms with Crippen LogP contribution in [0.3, 0.4) is 0 Å². The van der Waals surface area contributed by atoms with E-state index in [1.165, 1.54) is 0 Å². The van der Waals surface area contributed by atoms with Crippen molar-refractivity contribution in [1.29, 1.82) is 0 Å². The number of ether oxygens (including phenoxy) is 2. The van der Waals surface area contributed by atoms with E-state index in [1.807, 2.05) is 0 Å². The molecule has 94 valence electrons. The van der Waals surface area contributed by atoms with Crippen molar-refractivity contribution in [2.45, 2.75) is 12.9 Å². The van der Waals surface area contributed by atoms with Gasteiger partial charge < -0.3 is 15.2 Å². The van der Waals surface area contributed by atoms with E-state index in [1.54, 1.807) is 0 Å². The lowest BCUT2D eigenvalue weighted by atomic mass is 10.1. The fourth-order valence-electron chi connectivity index (χ4n) is 1.25. The Bertz CT molecular complexity index is 421. The number of hydrogen-bond acceptors (Lipinski definition) is 5. The largest absolute Gasteiger partial charge is 0.573 e. The lowest BCUT2D eigenvalue weighted by Crippen LogP contribution is -2.19. The third-order valence-corrected chi connectivity index (χ3v) is 1.87. The summed E-state index contributed by atoms with van der Waals surface area (Å²) in [6, 6.07) is 0. The minimum Gasteiger partial charge on any atom is -0.492 e. The average molecular weight is 250 g/mol. The third kappa shape index (κ3) is 3.06. The van der Waals surface area contributed by atoms with E-state index in [2.05, 4.69) is 9.72 Å². The quantitative estimate of drug-likeness (QED) is 0.814. The maximum Gasteiger partial charge on any atom is 0.573 e. The minimum atomic E-state index is -4.87. The molecule has 1 aromatic heterocycles. The van der Waals surface area contributed by atoms with Crippen molar-refractivity contribution in [3.05, 3.63) is 17.5 Å². The van der Waals surface area contributed by atoms with Gasteiger partial charge in [-0.2, -0.15) is 0 Å². The summed E-state index contributed by atoms with van der Waals surface area (Å²) in [7, 11) is 1.15. The molecule has 8 heteroatoms. The molecule has 0 aliphatic rings. The van der Waals surface area contributed by atoms with Crippen LogP contribution in [-0.2, 0) is 6.54 Å². The molecule has 0 fully saturated rings. The van der Waals surface area contributed by atoms with E-state index in [-0.39, 0.29) is 23.6 Å². The first-order chi connectivity index (χ1) is 7.92. The molecule has 0 aliphatic carbocycles. The van der Waals surface area contributed by atoms with Crippen LogP contribution in [0.25, 0.3) is 0 Å². The molecule has 0 saturated carbocycles. The number of hydrogen-bond donors (Lipinski definition) is 1. The molecule has 0 amide bonds. The Hall–Kier alpha value is -1.83. The number of rotatable bonds is 4. The molecule has 0 spiro atoms. The second kappa shape index (κ2) is 5.00. The van der Waals surface area contributed by atoms with Crippen molar-refractivity contribution in [1.82, 2.24) is 4.98 Å². The number of pyridine rings is 1. The van der Waals surface area contributed by atoms with Gasteiger partial charge in [0.1, 0.15) is 5.69 Å². The number of carbonyl (C=O) groups excluding carboxylic acids is 1. The smallest absolute Gasteiger partial charge is 0.492 e. The maximum absolute atomic E-state index is 12.1. The Kier molecular flexibility index (Phi) is 3.89. The van der Waals surface area contributed by atoms with Crippen molar-refractivity contribution in [2.24, 2.45) is 5.73 Å². The first-order valence-corrected chi connectivity index (χ1v) is 4.39. The molecule has 1 rings (SSSR count). The molecule has 5 nitrogen and oxygen atoms in total. The summed E-state index contributed by atoms with van der Waals surface area (Å²) in [5.74, 6) is -0.882. The van der Waals surface area contributed by atoms with Crippen LogP contribution >= 0.6 is 0 Å². The number of aromatic nitrogens is 1. The summed E-state index contributed by atoms with van der Waals surface area (Å²) < 4.78 is 44.7. The van der Waals surface area contributed by atoms with Crippen molar-refractivity contribution >= 4 is 6.29 Å². The minimum absolute atomic E-state index is 0.0595. The SMILES string of the molecule is COc1c(OC(F)(F)F)cnc(C=O)c1CN. The molecule has 0 aromatic carbocycles. The number of alkyl halides is 3. The third-order valence-electron chi connectivity index (χ3n) is 1.87. The Balaban J connectivity index is 3.28. The number of nitrogens with two attached hydrogens (primary N) is 1. The van der Waals surface area contributed by atoms with Gasteiger partial charge in [0.25, 0.3) is 0 Å². The molecule has 0 aliphatic heterocycles. The van der Waals surface area contributed by atoms with Gasteiger partial charge in [-0.3, -0.25) is 4.79 Å². The monoisotopic (exact) mass is 250 g/mol. The highest BCUT2D eigenvalue weighted by Gasteiger charge is 2.33. The summed E-state index contributed by atoms with van der Waals surface area (Å²) in [5.41, 5.74) is 5.29. The van der Waals surface area contributed by atoms with Crippen LogP contribution in [0.2, 0.25) is 0 Å². The summed E-state index contributed by atoms with van der Waals surface area (Å²) in [6.07, 6.45) is -3.74. The van der Waals surface area contributed by atoms with E-state index in [0.29, 0.717) is 6.29 Å².